The third-order valence-corrected chi connectivity index (χ3v) is 6.07. The number of halogens is 2. The smallest absolute Gasteiger partial charge is 0.360 e. The third kappa shape index (κ3) is 3.41. The van der Waals surface area contributed by atoms with E-state index >= 15 is 0 Å². The van der Waals surface area contributed by atoms with Crippen LogP contribution in [0.25, 0.3) is 33.4 Å². The van der Waals surface area contributed by atoms with Crippen molar-refractivity contribution in [2.24, 2.45) is 0 Å². The molecule has 13 heteroatoms. The number of nitro groups is 2. The number of carboxylic acid groups (broad SMARTS) is 1. The van der Waals surface area contributed by atoms with E-state index in [-0.39, 0.29) is 36.6 Å². The lowest BCUT2D eigenvalue weighted by molar-refractivity contribution is -0.386. The number of aromatic carboxylic acids is 1. The Hall–Kier alpha value is -3.84. The van der Waals surface area contributed by atoms with E-state index in [4.69, 9.17) is 4.42 Å². The molecule has 2 N–H and O–H groups in total. The van der Waals surface area contributed by atoms with Gasteiger partial charge in [0.25, 0.3) is 5.43 Å². The molecular formula is C20H8Br2N2O9. The first-order valence-corrected chi connectivity index (χ1v) is 10.4. The van der Waals surface area contributed by atoms with Crippen LogP contribution in [0.4, 0.5) is 11.4 Å². The van der Waals surface area contributed by atoms with E-state index < -0.39 is 49.7 Å². The van der Waals surface area contributed by atoms with Crippen molar-refractivity contribution < 1.29 is 29.3 Å². The molecule has 0 amide bonds. The van der Waals surface area contributed by atoms with E-state index in [1.54, 1.807) is 0 Å². The molecule has 1 aliphatic carbocycles. The monoisotopic (exact) mass is 578 g/mol. The molecule has 0 fully saturated rings. The second-order valence-electron chi connectivity index (χ2n) is 6.69. The highest BCUT2D eigenvalue weighted by molar-refractivity contribution is 9.10. The summed E-state index contributed by atoms with van der Waals surface area (Å²) in [6.07, 6.45) is 0. The zero-order chi connectivity index (χ0) is 24.2. The van der Waals surface area contributed by atoms with Gasteiger partial charge in [-0.2, -0.15) is 0 Å². The summed E-state index contributed by atoms with van der Waals surface area (Å²) in [7, 11) is 0. The molecule has 0 aromatic heterocycles. The first-order valence-electron chi connectivity index (χ1n) is 8.80. The lowest BCUT2D eigenvalue weighted by atomic mass is 9.90. The predicted octanol–water partition coefficient (Wildman–Crippen LogP) is 5.31. The van der Waals surface area contributed by atoms with Crippen LogP contribution in [0.2, 0.25) is 0 Å². The van der Waals surface area contributed by atoms with Crippen LogP contribution in [-0.2, 0) is 0 Å². The molecule has 0 saturated carbocycles. The fraction of sp³-hybridized carbons (Fsp3) is 0. The third-order valence-electron chi connectivity index (χ3n) is 4.88. The van der Waals surface area contributed by atoms with Crippen molar-refractivity contribution in [2.45, 2.75) is 0 Å². The van der Waals surface area contributed by atoms with Gasteiger partial charge in [0.1, 0.15) is 0 Å². The molecule has 166 valence electrons. The molecule has 1 heterocycles. The molecule has 33 heavy (non-hydrogen) atoms. The van der Waals surface area contributed by atoms with Gasteiger partial charge < -0.3 is 14.6 Å². The average molecular weight is 580 g/mol. The predicted molar refractivity (Wildman–Crippen MR) is 122 cm³/mol. The molecule has 0 atom stereocenters. The summed E-state index contributed by atoms with van der Waals surface area (Å²) in [6.45, 7) is 0. The Morgan fingerprint density at radius 1 is 0.970 bits per heavy atom. The van der Waals surface area contributed by atoms with Crippen LogP contribution in [0, 0.1) is 20.2 Å². The molecule has 0 radical (unpaired) electrons. The van der Waals surface area contributed by atoms with Gasteiger partial charge in [-0.15, -0.1) is 0 Å². The van der Waals surface area contributed by atoms with Gasteiger partial charge in [0.15, 0.2) is 0 Å². The number of carbonyl (C=O) groups is 1. The van der Waals surface area contributed by atoms with E-state index in [0.717, 1.165) is 0 Å². The van der Waals surface area contributed by atoms with Crippen LogP contribution in [-0.4, -0.2) is 26.0 Å². The molecule has 4 rings (SSSR count). The summed E-state index contributed by atoms with van der Waals surface area (Å²) >= 11 is 6.02. The molecule has 0 unspecified atom stereocenters. The number of nitro benzene ring substituents is 2. The van der Waals surface area contributed by atoms with Crippen molar-refractivity contribution in [3.05, 3.63) is 81.4 Å². The number of nitrogens with zero attached hydrogens (tertiary/aromatic N) is 2. The first kappa shape index (κ1) is 22.4. The molecule has 0 saturated heterocycles. The fourth-order valence-electron chi connectivity index (χ4n) is 3.55. The van der Waals surface area contributed by atoms with Gasteiger partial charge in [-0.3, -0.25) is 25.0 Å². The van der Waals surface area contributed by atoms with Crippen LogP contribution in [0.5, 0.6) is 5.75 Å². The number of phenolic OH excluding ortho intramolecular Hbond substituents is 1. The van der Waals surface area contributed by atoms with Crippen molar-refractivity contribution >= 4 is 60.2 Å². The average Bonchev–Trinajstić information content (AvgIpc) is 2.74. The minimum atomic E-state index is -1.32. The molecule has 2 aromatic carbocycles. The van der Waals surface area contributed by atoms with E-state index in [1.807, 2.05) is 0 Å². The molecule has 2 aliphatic rings. The highest BCUT2D eigenvalue weighted by Gasteiger charge is 2.35. The molecule has 0 spiro atoms. The molecular weight excluding hydrogens is 572 g/mol. The number of carboxylic acids is 1. The van der Waals surface area contributed by atoms with Crippen LogP contribution in [0.15, 0.2) is 54.6 Å². The number of aromatic hydroxyl groups is 1. The van der Waals surface area contributed by atoms with Crippen molar-refractivity contribution in [1.29, 1.82) is 0 Å². The van der Waals surface area contributed by atoms with Crippen molar-refractivity contribution in [3.8, 4) is 28.2 Å². The Kier molecular flexibility index (Phi) is 5.38. The van der Waals surface area contributed by atoms with Gasteiger partial charge in [0, 0.05) is 16.5 Å². The summed E-state index contributed by atoms with van der Waals surface area (Å²) in [5.74, 6) is -2.75. The second kappa shape index (κ2) is 7.94. The summed E-state index contributed by atoms with van der Waals surface area (Å²) in [5, 5.41) is 43.4. The highest BCUT2D eigenvalue weighted by Crippen LogP contribution is 2.50. The Morgan fingerprint density at radius 2 is 1.61 bits per heavy atom. The molecule has 1 aliphatic heterocycles. The SMILES string of the molecule is O=C(O)c1ccccc1-c1c2cc(Br)c(=O)c([N+](=O)[O-])c-2oc2c([N+](=O)[O-])c(O)c(Br)cc12. The summed E-state index contributed by atoms with van der Waals surface area (Å²) in [6, 6.07) is 8.15. The lowest BCUT2D eigenvalue weighted by Crippen LogP contribution is -2.12. The van der Waals surface area contributed by atoms with Gasteiger partial charge in [0.05, 0.1) is 24.4 Å². The Balaban J connectivity index is 2.41. The number of benzene rings is 3. The van der Waals surface area contributed by atoms with E-state index in [9.17, 15) is 40.0 Å². The minimum absolute atomic E-state index is 0.0209. The number of hydrogen-bond donors (Lipinski definition) is 2. The lowest BCUT2D eigenvalue weighted by Gasteiger charge is -2.17. The first-order chi connectivity index (χ1) is 15.5. The zero-order valence-electron chi connectivity index (χ0n) is 15.9. The molecule has 11 nitrogen and oxygen atoms in total. The Morgan fingerprint density at radius 3 is 2.21 bits per heavy atom. The van der Waals surface area contributed by atoms with Gasteiger partial charge in [-0.1, -0.05) is 18.2 Å². The second-order valence-corrected chi connectivity index (χ2v) is 8.40. The topological polar surface area (TPSA) is 174 Å². The van der Waals surface area contributed by atoms with Crippen LogP contribution >= 0.6 is 31.9 Å². The fourth-order valence-corrected chi connectivity index (χ4v) is 4.38. The maximum absolute atomic E-state index is 12.5. The normalized spacial score (nSPS) is 11.1. The molecule has 2 aromatic rings. The van der Waals surface area contributed by atoms with Gasteiger partial charge in [0.2, 0.25) is 17.1 Å². The standard InChI is InChI=1S/C20H8Br2N2O9/c21-11-5-9-13(7-3-1-2-4-8(7)20(27)28)10-6-12(22)17(26)15(24(31)32)19(10)33-18(9)14(16(11)25)23(29)30/h1-6,25H,(H,27,28). The van der Waals surface area contributed by atoms with Gasteiger partial charge in [-0.05, 0) is 55.6 Å². The quantitative estimate of drug-likeness (QED) is 0.184. The van der Waals surface area contributed by atoms with Crippen molar-refractivity contribution in [1.82, 2.24) is 0 Å². The number of hydrogen-bond acceptors (Lipinski definition) is 8. The summed E-state index contributed by atoms with van der Waals surface area (Å²) in [4.78, 5) is 45.9. The van der Waals surface area contributed by atoms with Crippen molar-refractivity contribution in [2.75, 3.05) is 0 Å². The minimum Gasteiger partial charge on any atom is -0.501 e. The Labute approximate surface area is 198 Å². The van der Waals surface area contributed by atoms with Crippen LogP contribution in [0.1, 0.15) is 10.4 Å². The number of phenols is 1. The van der Waals surface area contributed by atoms with Crippen LogP contribution < -0.4 is 5.43 Å². The maximum Gasteiger partial charge on any atom is 0.360 e. The molecule has 0 bridgehead atoms. The van der Waals surface area contributed by atoms with E-state index in [2.05, 4.69) is 31.9 Å². The number of rotatable bonds is 4. The van der Waals surface area contributed by atoms with Crippen molar-refractivity contribution in [3.63, 3.8) is 0 Å². The maximum atomic E-state index is 12.5. The number of fused-ring (bicyclic) bond motifs is 2. The Bertz CT molecular complexity index is 1560. The van der Waals surface area contributed by atoms with Gasteiger partial charge >= 0.3 is 17.3 Å². The van der Waals surface area contributed by atoms with E-state index in [1.165, 1.54) is 36.4 Å². The summed E-state index contributed by atoms with van der Waals surface area (Å²) in [5.41, 5.74) is -3.71. The van der Waals surface area contributed by atoms with E-state index in [0.29, 0.717) is 0 Å². The largest absolute Gasteiger partial charge is 0.501 e. The summed E-state index contributed by atoms with van der Waals surface area (Å²) < 4.78 is 5.24. The highest BCUT2D eigenvalue weighted by atomic mass is 79.9. The van der Waals surface area contributed by atoms with Crippen LogP contribution in [0.3, 0.4) is 0 Å². The zero-order valence-corrected chi connectivity index (χ0v) is 19.0. The van der Waals surface area contributed by atoms with Gasteiger partial charge in [-0.25, -0.2) is 4.79 Å².